The van der Waals surface area contributed by atoms with Crippen LogP contribution in [0.25, 0.3) is 0 Å². The highest BCUT2D eigenvalue weighted by Crippen LogP contribution is 2.13. The van der Waals surface area contributed by atoms with Gasteiger partial charge in [0, 0.05) is 0 Å². The molecule has 0 rings (SSSR count). The standard InChI is InChI=1S/C11H22O3.C7H14O3/c1-4-6-7-10(5-2)8-14-11(13)9(3)12;1-3-4-5-10-7(9)6(2)8/h9-10,12H,4-8H2,1-3H3;6,8H,3-5H2,1-2H3. The summed E-state index contributed by atoms with van der Waals surface area (Å²) in [5, 5.41) is 17.6. The van der Waals surface area contributed by atoms with Gasteiger partial charge in [0.25, 0.3) is 0 Å². The summed E-state index contributed by atoms with van der Waals surface area (Å²) >= 11 is 0. The van der Waals surface area contributed by atoms with Crippen LogP contribution in [0.3, 0.4) is 0 Å². The Hall–Kier alpha value is -1.14. The lowest BCUT2D eigenvalue weighted by Gasteiger charge is -2.15. The molecule has 0 aromatic heterocycles. The van der Waals surface area contributed by atoms with Crippen LogP contribution in [0.15, 0.2) is 0 Å². The summed E-state index contributed by atoms with van der Waals surface area (Å²) < 4.78 is 9.62. The van der Waals surface area contributed by atoms with Crippen LogP contribution < -0.4 is 0 Å². The molecular formula is C18H36O6. The van der Waals surface area contributed by atoms with Crippen molar-refractivity contribution in [2.45, 2.75) is 85.4 Å². The predicted octanol–water partition coefficient (Wildman–Crippen LogP) is 2.84. The van der Waals surface area contributed by atoms with E-state index in [9.17, 15) is 9.59 Å². The van der Waals surface area contributed by atoms with Gasteiger partial charge in [-0.15, -0.1) is 0 Å². The number of aliphatic hydroxyl groups is 2. The number of unbranched alkanes of at least 4 members (excludes halogenated alkanes) is 2. The molecule has 144 valence electrons. The number of carbonyl (C=O) groups is 2. The number of esters is 2. The van der Waals surface area contributed by atoms with Crippen LogP contribution in [-0.2, 0) is 19.1 Å². The zero-order chi connectivity index (χ0) is 19.0. The van der Waals surface area contributed by atoms with Gasteiger partial charge in [-0.3, -0.25) is 0 Å². The molecule has 0 amide bonds. The summed E-state index contributed by atoms with van der Waals surface area (Å²) in [6.07, 6.45) is 4.32. The molecule has 3 unspecified atom stereocenters. The van der Waals surface area contributed by atoms with Gasteiger partial charge in [-0.2, -0.15) is 0 Å². The Morgan fingerprint density at radius 1 is 0.875 bits per heavy atom. The van der Waals surface area contributed by atoms with Crippen molar-refractivity contribution >= 4 is 11.9 Å². The van der Waals surface area contributed by atoms with Gasteiger partial charge in [0.1, 0.15) is 12.2 Å². The summed E-state index contributed by atoms with van der Waals surface area (Å²) in [5.41, 5.74) is 0. The molecule has 6 heteroatoms. The molecule has 0 aromatic carbocycles. The Balaban J connectivity index is 0. The van der Waals surface area contributed by atoms with E-state index in [4.69, 9.17) is 14.9 Å². The van der Waals surface area contributed by atoms with E-state index in [1.807, 2.05) is 6.92 Å². The van der Waals surface area contributed by atoms with Gasteiger partial charge < -0.3 is 19.7 Å². The largest absolute Gasteiger partial charge is 0.464 e. The van der Waals surface area contributed by atoms with Gasteiger partial charge >= 0.3 is 11.9 Å². The summed E-state index contributed by atoms with van der Waals surface area (Å²) in [6, 6.07) is 0. The molecule has 0 bridgehead atoms. The van der Waals surface area contributed by atoms with Crippen LogP contribution in [0.2, 0.25) is 0 Å². The third-order valence-electron chi connectivity index (χ3n) is 3.43. The Morgan fingerprint density at radius 3 is 1.79 bits per heavy atom. The Kier molecular flexibility index (Phi) is 17.5. The van der Waals surface area contributed by atoms with Crippen molar-refractivity contribution in [3.8, 4) is 0 Å². The average molecular weight is 348 g/mol. The highest BCUT2D eigenvalue weighted by Gasteiger charge is 2.13. The third kappa shape index (κ3) is 15.7. The lowest BCUT2D eigenvalue weighted by molar-refractivity contribution is -0.154. The number of hydrogen-bond acceptors (Lipinski definition) is 6. The van der Waals surface area contributed by atoms with Crippen molar-refractivity contribution in [1.82, 2.24) is 0 Å². The highest BCUT2D eigenvalue weighted by molar-refractivity contribution is 5.74. The summed E-state index contributed by atoms with van der Waals surface area (Å²) in [5.74, 6) is -0.606. The number of ether oxygens (including phenoxy) is 2. The van der Waals surface area contributed by atoms with E-state index in [1.165, 1.54) is 26.7 Å². The maximum atomic E-state index is 11.0. The monoisotopic (exact) mass is 348 g/mol. The Labute approximate surface area is 146 Å². The number of hydrogen-bond donors (Lipinski definition) is 2. The van der Waals surface area contributed by atoms with E-state index in [0.29, 0.717) is 19.1 Å². The predicted molar refractivity (Wildman–Crippen MR) is 93.5 cm³/mol. The molecule has 0 saturated heterocycles. The summed E-state index contributed by atoms with van der Waals surface area (Å²) in [6.45, 7) is 9.94. The van der Waals surface area contributed by atoms with Gasteiger partial charge in [-0.05, 0) is 32.6 Å². The van der Waals surface area contributed by atoms with Crippen LogP contribution in [0, 0.1) is 5.92 Å². The normalized spacial score (nSPS) is 14.0. The first-order valence-electron chi connectivity index (χ1n) is 8.99. The Bertz CT molecular complexity index is 315. The van der Waals surface area contributed by atoms with E-state index in [2.05, 4.69) is 18.6 Å². The second kappa shape index (κ2) is 16.7. The first kappa shape index (κ1) is 25.1. The molecule has 0 radical (unpaired) electrons. The molecular weight excluding hydrogens is 312 g/mol. The average Bonchev–Trinajstić information content (AvgIpc) is 2.55. The second-order valence-electron chi connectivity index (χ2n) is 5.92. The molecule has 0 aliphatic heterocycles. The zero-order valence-corrected chi connectivity index (χ0v) is 15.9. The molecule has 24 heavy (non-hydrogen) atoms. The quantitative estimate of drug-likeness (QED) is 0.440. The summed E-state index contributed by atoms with van der Waals surface area (Å²) in [4.78, 5) is 21.5. The number of rotatable bonds is 11. The smallest absolute Gasteiger partial charge is 0.334 e. The van der Waals surface area contributed by atoms with Gasteiger partial charge in [-0.1, -0.05) is 46.5 Å². The minimum atomic E-state index is -1.00. The molecule has 2 N–H and O–H groups in total. The number of carbonyl (C=O) groups excluding carboxylic acids is 2. The zero-order valence-electron chi connectivity index (χ0n) is 15.9. The lowest BCUT2D eigenvalue weighted by atomic mass is 10.0. The first-order chi connectivity index (χ1) is 11.3. The first-order valence-corrected chi connectivity index (χ1v) is 8.99. The molecule has 0 fully saturated rings. The van der Waals surface area contributed by atoms with Gasteiger partial charge in [-0.25, -0.2) is 9.59 Å². The Morgan fingerprint density at radius 2 is 1.38 bits per heavy atom. The van der Waals surface area contributed by atoms with E-state index < -0.39 is 24.1 Å². The minimum absolute atomic E-state index is 0.417. The molecule has 0 heterocycles. The van der Waals surface area contributed by atoms with Crippen LogP contribution in [0.5, 0.6) is 0 Å². The van der Waals surface area contributed by atoms with Gasteiger partial charge in [0.15, 0.2) is 0 Å². The SMILES string of the molecule is CCCCC(CC)COC(=O)C(C)O.CCCCOC(=O)C(C)O. The fourth-order valence-electron chi connectivity index (χ4n) is 1.66. The lowest BCUT2D eigenvalue weighted by Crippen LogP contribution is -2.22. The molecule has 0 spiro atoms. The van der Waals surface area contributed by atoms with Crippen molar-refractivity contribution in [2.75, 3.05) is 13.2 Å². The molecule has 0 aliphatic carbocycles. The second-order valence-corrected chi connectivity index (χ2v) is 5.92. The number of aliphatic hydroxyl groups excluding tert-OH is 2. The molecule has 0 aliphatic rings. The van der Waals surface area contributed by atoms with E-state index in [1.54, 1.807) is 0 Å². The fourth-order valence-corrected chi connectivity index (χ4v) is 1.66. The van der Waals surface area contributed by atoms with Crippen molar-refractivity contribution < 1.29 is 29.3 Å². The van der Waals surface area contributed by atoms with E-state index in [0.717, 1.165) is 25.7 Å². The van der Waals surface area contributed by atoms with Crippen LogP contribution in [-0.4, -0.2) is 47.6 Å². The molecule has 6 nitrogen and oxygen atoms in total. The fraction of sp³-hybridized carbons (Fsp3) is 0.889. The maximum Gasteiger partial charge on any atom is 0.334 e. The third-order valence-corrected chi connectivity index (χ3v) is 3.43. The van der Waals surface area contributed by atoms with Crippen molar-refractivity contribution in [3.05, 3.63) is 0 Å². The molecule has 3 atom stereocenters. The van der Waals surface area contributed by atoms with E-state index >= 15 is 0 Å². The van der Waals surface area contributed by atoms with Crippen molar-refractivity contribution in [2.24, 2.45) is 5.92 Å². The van der Waals surface area contributed by atoms with Gasteiger partial charge in [0.2, 0.25) is 0 Å². The van der Waals surface area contributed by atoms with Crippen LogP contribution >= 0.6 is 0 Å². The van der Waals surface area contributed by atoms with Crippen molar-refractivity contribution in [3.63, 3.8) is 0 Å². The highest BCUT2D eigenvalue weighted by atomic mass is 16.5. The van der Waals surface area contributed by atoms with Gasteiger partial charge in [0.05, 0.1) is 13.2 Å². The van der Waals surface area contributed by atoms with Crippen LogP contribution in [0.1, 0.15) is 73.1 Å². The van der Waals surface area contributed by atoms with E-state index in [-0.39, 0.29) is 0 Å². The molecule has 0 aromatic rings. The summed E-state index contributed by atoms with van der Waals surface area (Å²) in [7, 11) is 0. The van der Waals surface area contributed by atoms with Crippen molar-refractivity contribution in [1.29, 1.82) is 0 Å². The van der Waals surface area contributed by atoms with Crippen LogP contribution in [0.4, 0.5) is 0 Å². The topological polar surface area (TPSA) is 93.1 Å². The maximum absolute atomic E-state index is 11.0. The minimum Gasteiger partial charge on any atom is -0.464 e. The molecule has 0 saturated carbocycles.